The number of alkyl halides is 2. The summed E-state index contributed by atoms with van der Waals surface area (Å²) in [4.78, 5) is 59.6. The molecule has 2 N–H and O–H groups in total. The zero-order valence-corrected chi connectivity index (χ0v) is 32.8. The standard InChI is InChI=1S/C46H51F2N5O5/c47-45(48)17-13-31(14-18-45)39-9-1-32-26-37(55)7-10-40(32)46(39,29-54)34-2-4-35(5-3-34)51-19-15-30(16-20-51)27-50-21-23-52(24-22-50)36-6-8-38-33(25-36)28-53(44(38)58)41-11-12-42(56)49-43(41)57/h2-10,25-26,29-31,41,55H,1,11-24,27-28H2,(H,49,56,57)/t41?,46-/m1/s1. The highest BCUT2D eigenvalue weighted by atomic mass is 19.3. The number of piperidine rings is 2. The average Bonchev–Trinajstić information content (AvgIpc) is 3.55. The molecule has 3 aromatic rings. The van der Waals surface area contributed by atoms with Gasteiger partial charge in [0.2, 0.25) is 17.7 Å². The lowest BCUT2D eigenvalue weighted by Gasteiger charge is -2.42. The van der Waals surface area contributed by atoms with Gasteiger partial charge in [0.1, 0.15) is 18.1 Å². The Bertz CT molecular complexity index is 2130. The number of phenolic OH excluding ortho intramolecular Hbond substituents is 1. The van der Waals surface area contributed by atoms with Crippen molar-refractivity contribution < 1.29 is 33.1 Å². The number of fused-ring (bicyclic) bond motifs is 2. The first-order chi connectivity index (χ1) is 28.0. The van der Waals surface area contributed by atoms with Gasteiger partial charge in [-0.1, -0.05) is 24.3 Å². The number of carbonyl (C=O) groups is 4. The van der Waals surface area contributed by atoms with E-state index in [-0.39, 0.29) is 42.7 Å². The van der Waals surface area contributed by atoms with E-state index in [1.54, 1.807) is 17.0 Å². The van der Waals surface area contributed by atoms with E-state index in [1.165, 1.54) is 0 Å². The number of anilines is 2. The molecular formula is C46H51F2N5O5. The van der Waals surface area contributed by atoms with E-state index in [9.17, 15) is 33.1 Å². The van der Waals surface area contributed by atoms with Gasteiger partial charge in [-0.25, -0.2) is 8.78 Å². The molecule has 3 aromatic carbocycles. The van der Waals surface area contributed by atoms with Crippen LogP contribution in [0.5, 0.6) is 5.75 Å². The molecule has 10 nitrogen and oxygen atoms in total. The highest BCUT2D eigenvalue weighted by Crippen LogP contribution is 2.51. The molecule has 12 heteroatoms. The Morgan fingerprint density at radius 3 is 2.21 bits per heavy atom. The number of nitrogens with zero attached hydrogens (tertiary/aromatic N) is 4. The lowest BCUT2D eigenvalue weighted by Crippen LogP contribution is -2.52. The van der Waals surface area contributed by atoms with Crippen molar-refractivity contribution in [2.75, 3.05) is 55.6 Å². The predicted molar refractivity (Wildman–Crippen MR) is 216 cm³/mol. The van der Waals surface area contributed by atoms with E-state index >= 15 is 0 Å². The number of aromatic hydroxyl groups is 1. The van der Waals surface area contributed by atoms with Gasteiger partial charge in [-0.15, -0.1) is 0 Å². The maximum Gasteiger partial charge on any atom is 0.255 e. The molecule has 4 heterocycles. The van der Waals surface area contributed by atoms with Crippen LogP contribution >= 0.6 is 0 Å². The van der Waals surface area contributed by atoms with Gasteiger partial charge in [0.25, 0.3) is 5.91 Å². The summed E-state index contributed by atoms with van der Waals surface area (Å²) in [6.45, 7) is 7.02. The molecule has 4 aliphatic heterocycles. The van der Waals surface area contributed by atoms with Crippen LogP contribution in [0.15, 0.2) is 72.3 Å². The summed E-state index contributed by atoms with van der Waals surface area (Å²) in [6.07, 6.45) is 6.70. The summed E-state index contributed by atoms with van der Waals surface area (Å²) < 4.78 is 28.4. The van der Waals surface area contributed by atoms with Crippen LogP contribution in [0.3, 0.4) is 0 Å². The fourth-order valence-electron chi connectivity index (χ4n) is 10.7. The number of phenols is 1. The minimum atomic E-state index is -2.66. The molecule has 0 radical (unpaired) electrons. The Kier molecular flexibility index (Phi) is 10.1. The zero-order chi connectivity index (χ0) is 40.2. The smallest absolute Gasteiger partial charge is 0.255 e. The van der Waals surface area contributed by atoms with Crippen LogP contribution in [0.25, 0.3) is 0 Å². The third-order valence-electron chi connectivity index (χ3n) is 13.9. The highest BCUT2D eigenvalue weighted by molar-refractivity contribution is 6.05. The van der Waals surface area contributed by atoms with Gasteiger partial charge < -0.3 is 24.6 Å². The number of aldehydes is 1. The fraction of sp³-hybridized carbons (Fsp3) is 0.478. The average molecular weight is 792 g/mol. The van der Waals surface area contributed by atoms with E-state index < -0.39 is 23.3 Å². The van der Waals surface area contributed by atoms with Gasteiger partial charge >= 0.3 is 0 Å². The normalized spacial score (nSPS) is 25.6. The van der Waals surface area contributed by atoms with Crippen molar-refractivity contribution >= 4 is 35.4 Å². The second-order valence-electron chi connectivity index (χ2n) is 17.3. The molecule has 3 amide bonds. The third kappa shape index (κ3) is 7.07. The predicted octanol–water partition coefficient (Wildman–Crippen LogP) is 5.98. The number of nitrogens with one attached hydrogen (secondary N) is 1. The molecule has 0 bridgehead atoms. The van der Waals surface area contributed by atoms with Crippen LogP contribution < -0.4 is 15.1 Å². The molecule has 9 rings (SSSR count). The summed E-state index contributed by atoms with van der Waals surface area (Å²) in [7, 11) is 0. The molecule has 0 spiro atoms. The topological polar surface area (TPSA) is 114 Å². The van der Waals surface area contributed by atoms with Crippen molar-refractivity contribution in [2.45, 2.75) is 81.7 Å². The van der Waals surface area contributed by atoms with Crippen LogP contribution in [0.4, 0.5) is 20.2 Å². The minimum absolute atomic E-state index is 0.112. The molecule has 6 aliphatic rings. The van der Waals surface area contributed by atoms with Crippen LogP contribution in [0.2, 0.25) is 0 Å². The van der Waals surface area contributed by atoms with Crippen molar-refractivity contribution in [3.05, 3.63) is 100 Å². The SMILES string of the molecule is O=C[C@@]1(c2ccc(N3CCC(CN4CCN(c5ccc6c(c5)CN(C5CCC(=O)NC5=O)C6=O)CC4)CC3)cc2)C(C2CCC(F)(F)CC2)=CCc2cc(O)ccc21. The second-order valence-corrected chi connectivity index (χ2v) is 17.3. The number of carbonyl (C=O) groups excluding carboxylic acids is 4. The monoisotopic (exact) mass is 791 g/mol. The molecule has 2 atom stereocenters. The number of hydrogen-bond donors (Lipinski definition) is 2. The third-order valence-corrected chi connectivity index (χ3v) is 13.9. The molecule has 304 valence electrons. The molecule has 2 aliphatic carbocycles. The zero-order valence-electron chi connectivity index (χ0n) is 32.8. The Morgan fingerprint density at radius 2 is 1.50 bits per heavy atom. The summed E-state index contributed by atoms with van der Waals surface area (Å²) in [5, 5.41) is 12.6. The maximum absolute atomic E-state index is 14.2. The van der Waals surface area contributed by atoms with Crippen molar-refractivity contribution in [2.24, 2.45) is 11.8 Å². The number of benzene rings is 3. The number of piperazine rings is 1. The van der Waals surface area contributed by atoms with Gasteiger partial charge in [0.15, 0.2) is 0 Å². The molecule has 1 saturated carbocycles. The Hall–Kier alpha value is -5.10. The number of rotatable bonds is 8. The van der Waals surface area contributed by atoms with E-state index in [2.05, 4.69) is 44.3 Å². The van der Waals surface area contributed by atoms with Gasteiger partial charge in [0.05, 0.1) is 5.41 Å². The molecule has 0 aromatic heterocycles. The van der Waals surface area contributed by atoms with Crippen molar-refractivity contribution in [1.82, 2.24) is 15.1 Å². The van der Waals surface area contributed by atoms with Crippen LogP contribution in [-0.4, -0.2) is 96.7 Å². The number of imide groups is 1. The van der Waals surface area contributed by atoms with E-state index in [1.807, 2.05) is 30.3 Å². The lowest BCUT2D eigenvalue weighted by molar-refractivity contribution is -0.137. The molecular weight excluding hydrogens is 741 g/mol. The van der Waals surface area contributed by atoms with Crippen molar-refractivity contribution in [1.29, 1.82) is 0 Å². The van der Waals surface area contributed by atoms with Gasteiger partial charge in [0, 0.05) is 88.6 Å². The van der Waals surface area contributed by atoms with Gasteiger partial charge in [-0.3, -0.25) is 24.6 Å². The second kappa shape index (κ2) is 15.3. The Labute approximate surface area is 337 Å². The van der Waals surface area contributed by atoms with E-state index in [0.29, 0.717) is 43.7 Å². The van der Waals surface area contributed by atoms with Crippen LogP contribution in [-0.2, 0) is 32.8 Å². The first-order valence-corrected chi connectivity index (χ1v) is 21.0. The Morgan fingerprint density at radius 1 is 0.793 bits per heavy atom. The maximum atomic E-state index is 14.2. The van der Waals surface area contributed by atoms with Crippen molar-refractivity contribution in [3.8, 4) is 5.75 Å². The number of hydrogen-bond acceptors (Lipinski definition) is 8. The van der Waals surface area contributed by atoms with Crippen LogP contribution in [0.1, 0.15) is 84.0 Å². The molecule has 58 heavy (non-hydrogen) atoms. The molecule has 3 saturated heterocycles. The largest absolute Gasteiger partial charge is 0.508 e. The summed E-state index contributed by atoms with van der Waals surface area (Å²) in [5.74, 6) is -2.87. The first kappa shape index (κ1) is 38.4. The number of allylic oxidation sites excluding steroid dienone is 2. The van der Waals surface area contributed by atoms with Gasteiger partial charge in [-0.05, 0) is 121 Å². The summed E-state index contributed by atoms with van der Waals surface area (Å²) >= 11 is 0. The molecule has 4 fully saturated rings. The molecule has 1 unspecified atom stereocenters. The minimum Gasteiger partial charge on any atom is -0.508 e. The number of halogens is 2. The van der Waals surface area contributed by atoms with Crippen LogP contribution in [0, 0.1) is 11.8 Å². The summed E-state index contributed by atoms with van der Waals surface area (Å²) in [5.41, 5.74) is 6.12. The van der Waals surface area contributed by atoms with Crippen molar-refractivity contribution in [3.63, 3.8) is 0 Å². The Balaban J connectivity index is 0.802. The van der Waals surface area contributed by atoms with E-state index in [4.69, 9.17) is 0 Å². The summed E-state index contributed by atoms with van der Waals surface area (Å²) in [6, 6.07) is 18.8. The van der Waals surface area contributed by atoms with E-state index in [0.717, 1.165) is 104 Å². The fourth-order valence-corrected chi connectivity index (χ4v) is 10.7. The number of amides is 3. The highest BCUT2D eigenvalue weighted by Gasteiger charge is 2.47. The quantitative estimate of drug-likeness (QED) is 0.163. The first-order valence-electron chi connectivity index (χ1n) is 21.0. The van der Waals surface area contributed by atoms with Gasteiger partial charge in [-0.2, -0.15) is 0 Å². The lowest BCUT2D eigenvalue weighted by atomic mass is 9.60.